The third-order valence-electron chi connectivity index (χ3n) is 3.82. The molecule has 1 unspecified atom stereocenters. The third-order valence-corrected chi connectivity index (χ3v) is 3.82. The van der Waals surface area contributed by atoms with Crippen LogP contribution in [0, 0.1) is 0 Å². The molecule has 0 saturated heterocycles. The molecule has 1 heterocycles. The van der Waals surface area contributed by atoms with Crippen molar-refractivity contribution in [2.75, 3.05) is 5.32 Å². The van der Waals surface area contributed by atoms with Gasteiger partial charge in [-0.25, -0.2) is 0 Å². The van der Waals surface area contributed by atoms with E-state index >= 15 is 0 Å². The summed E-state index contributed by atoms with van der Waals surface area (Å²) in [4.78, 5) is 24.6. The standard InChI is InChI=1S/C21H20N2O4/c1-15(27-18-9-3-2-4-10-18)20(24)23-17-8-5-7-16(13-17)21(25)22-14-19-11-6-12-26-19/h2-13,15H,14H2,1H3,(H,22,25)(H,23,24). The van der Waals surface area contributed by atoms with Gasteiger partial charge in [-0.15, -0.1) is 0 Å². The Morgan fingerprint density at radius 3 is 2.59 bits per heavy atom. The molecule has 1 aromatic heterocycles. The monoisotopic (exact) mass is 364 g/mol. The van der Waals surface area contributed by atoms with E-state index in [-0.39, 0.29) is 11.8 Å². The fourth-order valence-electron chi connectivity index (χ4n) is 2.42. The molecule has 2 amide bonds. The number of carbonyl (C=O) groups is 2. The molecule has 3 rings (SSSR count). The van der Waals surface area contributed by atoms with E-state index in [0.29, 0.717) is 29.3 Å². The minimum atomic E-state index is -0.677. The third kappa shape index (κ3) is 5.22. The quantitative estimate of drug-likeness (QED) is 0.671. The van der Waals surface area contributed by atoms with Crippen LogP contribution in [0.25, 0.3) is 0 Å². The van der Waals surface area contributed by atoms with Crippen molar-refractivity contribution in [1.82, 2.24) is 5.32 Å². The SMILES string of the molecule is CC(Oc1ccccc1)C(=O)Nc1cccc(C(=O)NCc2ccco2)c1. The molecule has 1 atom stereocenters. The summed E-state index contributed by atoms with van der Waals surface area (Å²) in [6, 6.07) is 19.4. The highest BCUT2D eigenvalue weighted by Crippen LogP contribution is 2.14. The molecule has 0 fully saturated rings. The first-order valence-electron chi connectivity index (χ1n) is 8.55. The molecule has 3 aromatic rings. The average Bonchev–Trinajstić information content (AvgIpc) is 3.20. The summed E-state index contributed by atoms with van der Waals surface area (Å²) in [6.45, 7) is 1.96. The van der Waals surface area contributed by atoms with Gasteiger partial charge in [-0.1, -0.05) is 24.3 Å². The van der Waals surface area contributed by atoms with Crippen LogP contribution in [0.3, 0.4) is 0 Å². The van der Waals surface area contributed by atoms with Gasteiger partial charge in [0, 0.05) is 11.3 Å². The van der Waals surface area contributed by atoms with Gasteiger partial charge in [0.15, 0.2) is 6.10 Å². The second-order valence-electron chi connectivity index (χ2n) is 5.91. The van der Waals surface area contributed by atoms with Gasteiger partial charge >= 0.3 is 0 Å². The Bertz CT molecular complexity index is 892. The van der Waals surface area contributed by atoms with Crippen LogP contribution in [-0.4, -0.2) is 17.9 Å². The van der Waals surface area contributed by atoms with E-state index < -0.39 is 6.10 Å². The molecule has 0 saturated carbocycles. The van der Waals surface area contributed by atoms with Crippen LogP contribution in [0.15, 0.2) is 77.4 Å². The lowest BCUT2D eigenvalue weighted by Crippen LogP contribution is -2.30. The van der Waals surface area contributed by atoms with Crippen LogP contribution >= 0.6 is 0 Å². The summed E-state index contributed by atoms with van der Waals surface area (Å²) in [5.41, 5.74) is 0.963. The van der Waals surface area contributed by atoms with Crippen molar-refractivity contribution in [2.24, 2.45) is 0 Å². The number of hydrogen-bond acceptors (Lipinski definition) is 4. The molecule has 6 heteroatoms. The lowest BCUT2D eigenvalue weighted by Gasteiger charge is -2.15. The first-order chi connectivity index (χ1) is 13.1. The zero-order valence-electron chi connectivity index (χ0n) is 14.8. The molecule has 2 aromatic carbocycles. The van der Waals surface area contributed by atoms with Crippen molar-refractivity contribution in [1.29, 1.82) is 0 Å². The van der Waals surface area contributed by atoms with Gasteiger partial charge in [-0.2, -0.15) is 0 Å². The Labute approximate surface area is 157 Å². The van der Waals surface area contributed by atoms with Gasteiger partial charge in [0.2, 0.25) is 0 Å². The Morgan fingerprint density at radius 2 is 1.85 bits per heavy atom. The topological polar surface area (TPSA) is 80.6 Å². The van der Waals surface area contributed by atoms with Crippen LogP contribution in [-0.2, 0) is 11.3 Å². The Hall–Kier alpha value is -3.54. The fraction of sp³-hybridized carbons (Fsp3) is 0.143. The van der Waals surface area contributed by atoms with Crippen LogP contribution < -0.4 is 15.4 Å². The van der Waals surface area contributed by atoms with Gasteiger partial charge in [0.1, 0.15) is 11.5 Å². The summed E-state index contributed by atoms with van der Waals surface area (Å²) in [5.74, 6) is 0.731. The van der Waals surface area contributed by atoms with Crippen LogP contribution in [0.2, 0.25) is 0 Å². The molecule has 0 spiro atoms. The fourth-order valence-corrected chi connectivity index (χ4v) is 2.42. The molecule has 2 N–H and O–H groups in total. The molecule has 138 valence electrons. The first kappa shape index (κ1) is 18.3. The van der Waals surface area contributed by atoms with E-state index in [9.17, 15) is 9.59 Å². The zero-order chi connectivity index (χ0) is 19.1. The number of carbonyl (C=O) groups excluding carboxylic acids is 2. The largest absolute Gasteiger partial charge is 0.481 e. The number of anilines is 1. The zero-order valence-corrected chi connectivity index (χ0v) is 14.8. The molecule has 0 aliphatic carbocycles. The van der Waals surface area contributed by atoms with E-state index in [1.807, 2.05) is 18.2 Å². The van der Waals surface area contributed by atoms with Crippen molar-refractivity contribution in [3.8, 4) is 5.75 Å². The van der Waals surface area contributed by atoms with Crippen LogP contribution in [0.4, 0.5) is 5.69 Å². The Balaban J connectivity index is 1.57. The van der Waals surface area contributed by atoms with Crippen LogP contribution in [0.5, 0.6) is 5.75 Å². The molecular weight excluding hydrogens is 344 g/mol. The summed E-state index contributed by atoms with van der Waals surface area (Å²) in [5, 5.41) is 5.53. The van der Waals surface area contributed by atoms with Gasteiger partial charge < -0.3 is 19.8 Å². The number of rotatable bonds is 7. The van der Waals surface area contributed by atoms with Crippen molar-refractivity contribution >= 4 is 17.5 Å². The first-order valence-corrected chi connectivity index (χ1v) is 8.55. The molecule has 27 heavy (non-hydrogen) atoms. The number of amides is 2. The number of nitrogens with one attached hydrogen (secondary N) is 2. The van der Waals surface area contributed by atoms with Gasteiger partial charge in [0.05, 0.1) is 12.8 Å². The highest BCUT2D eigenvalue weighted by Gasteiger charge is 2.15. The minimum absolute atomic E-state index is 0.254. The van der Waals surface area contributed by atoms with E-state index in [0.717, 1.165) is 0 Å². The van der Waals surface area contributed by atoms with E-state index in [1.165, 1.54) is 0 Å². The van der Waals surface area contributed by atoms with Crippen molar-refractivity contribution in [3.63, 3.8) is 0 Å². The smallest absolute Gasteiger partial charge is 0.265 e. The Kier molecular flexibility index (Phi) is 5.89. The van der Waals surface area contributed by atoms with Gasteiger partial charge in [0.25, 0.3) is 11.8 Å². The summed E-state index contributed by atoms with van der Waals surface area (Å²) in [7, 11) is 0. The number of ether oxygens (including phenoxy) is 1. The summed E-state index contributed by atoms with van der Waals surface area (Å²) in [6.07, 6.45) is 0.875. The molecule has 0 radical (unpaired) electrons. The van der Waals surface area contributed by atoms with E-state index in [4.69, 9.17) is 9.15 Å². The Morgan fingerprint density at radius 1 is 1.04 bits per heavy atom. The highest BCUT2D eigenvalue weighted by molar-refractivity contribution is 5.98. The van der Waals surface area contributed by atoms with Gasteiger partial charge in [-0.05, 0) is 49.4 Å². The predicted octanol–water partition coefficient (Wildman–Crippen LogP) is 3.62. The maximum absolute atomic E-state index is 12.3. The maximum Gasteiger partial charge on any atom is 0.265 e. The number of benzene rings is 2. The second kappa shape index (κ2) is 8.71. The lowest BCUT2D eigenvalue weighted by molar-refractivity contribution is -0.122. The second-order valence-corrected chi connectivity index (χ2v) is 5.91. The van der Waals surface area contributed by atoms with Gasteiger partial charge in [-0.3, -0.25) is 9.59 Å². The molecule has 0 aliphatic heterocycles. The minimum Gasteiger partial charge on any atom is -0.481 e. The molecular formula is C21H20N2O4. The average molecular weight is 364 g/mol. The van der Waals surface area contributed by atoms with Crippen molar-refractivity contribution < 1.29 is 18.7 Å². The maximum atomic E-state index is 12.3. The molecule has 0 aliphatic rings. The number of para-hydroxylation sites is 1. The number of hydrogen-bond donors (Lipinski definition) is 2. The normalized spacial score (nSPS) is 11.4. The van der Waals surface area contributed by atoms with Crippen molar-refractivity contribution in [2.45, 2.75) is 19.6 Å². The highest BCUT2D eigenvalue weighted by atomic mass is 16.5. The number of furan rings is 1. The molecule has 0 bridgehead atoms. The summed E-state index contributed by atoms with van der Waals surface area (Å²) < 4.78 is 10.8. The van der Waals surface area contributed by atoms with E-state index in [1.54, 1.807) is 61.7 Å². The molecule has 6 nitrogen and oxygen atoms in total. The van der Waals surface area contributed by atoms with Crippen LogP contribution in [0.1, 0.15) is 23.0 Å². The van der Waals surface area contributed by atoms with E-state index in [2.05, 4.69) is 10.6 Å². The lowest BCUT2D eigenvalue weighted by atomic mass is 10.2. The van der Waals surface area contributed by atoms with Crippen molar-refractivity contribution in [3.05, 3.63) is 84.3 Å². The predicted molar refractivity (Wildman–Crippen MR) is 101 cm³/mol. The summed E-state index contributed by atoms with van der Waals surface area (Å²) >= 11 is 0.